The van der Waals surface area contributed by atoms with Gasteiger partial charge in [0.2, 0.25) is 10.0 Å². The zero-order valence-corrected chi connectivity index (χ0v) is 14.4. The fourth-order valence-corrected chi connectivity index (χ4v) is 3.92. The fraction of sp³-hybridized carbons (Fsp3) is 0.533. The van der Waals surface area contributed by atoms with E-state index in [1.165, 1.54) is 25.7 Å². The topological polar surface area (TPSA) is 99.0 Å². The summed E-state index contributed by atoms with van der Waals surface area (Å²) < 4.78 is 34.1. The van der Waals surface area contributed by atoms with Gasteiger partial charge in [-0.1, -0.05) is 19.3 Å². The predicted molar refractivity (Wildman–Crippen MR) is 87.0 cm³/mol. The number of aromatic nitrogens is 4. The van der Waals surface area contributed by atoms with Gasteiger partial charge in [-0.15, -0.1) is 5.10 Å². The average molecular weight is 351 g/mol. The lowest BCUT2D eigenvalue weighted by molar-refractivity contribution is 0.316. The van der Waals surface area contributed by atoms with Crippen molar-refractivity contribution >= 4 is 10.0 Å². The van der Waals surface area contributed by atoms with E-state index in [0.29, 0.717) is 11.6 Å². The molecule has 0 spiro atoms. The van der Waals surface area contributed by atoms with Crippen LogP contribution < -0.4 is 9.46 Å². The number of methoxy groups -OCH3 is 1. The molecule has 3 rings (SSSR count). The summed E-state index contributed by atoms with van der Waals surface area (Å²) in [5.74, 6) is 1.15. The first-order valence-electron chi connectivity index (χ1n) is 8.00. The molecule has 0 saturated heterocycles. The van der Waals surface area contributed by atoms with Crippen LogP contribution in [-0.4, -0.2) is 35.7 Å². The molecule has 1 aliphatic rings. The van der Waals surface area contributed by atoms with Gasteiger partial charge in [0.25, 0.3) is 0 Å². The number of tetrazole rings is 1. The van der Waals surface area contributed by atoms with Gasteiger partial charge < -0.3 is 4.74 Å². The SMILES string of the molecule is COc1ccc(S(=O)(=O)NCc2nnnn2C2CCCCC2)cc1. The Morgan fingerprint density at radius 3 is 2.58 bits per heavy atom. The molecule has 8 nitrogen and oxygen atoms in total. The smallest absolute Gasteiger partial charge is 0.240 e. The zero-order valence-electron chi connectivity index (χ0n) is 13.6. The maximum Gasteiger partial charge on any atom is 0.240 e. The molecule has 1 aromatic heterocycles. The van der Waals surface area contributed by atoms with Crippen LogP contribution in [0.15, 0.2) is 29.2 Å². The largest absolute Gasteiger partial charge is 0.497 e. The first-order chi connectivity index (χ1) is 11.6. The summed E-state index contributed by atoms with van der Waals surface area (Å²) in [5.41, 5.74) is 0. The second-order valence-corrected chi connectivity index (χ2v) is 7.60. The van der Waals surface area contributed by atoms with E-state index in [9.17, 15) is 8.42 Å². The summed E-state index contributed by atoms with van der Waals surface area (Å²) in [5, 5.41) is 11.7. The van der Waals surface area contributed by atoms with E-state index >= 15 is 0 Å². The second kappa shape index (κ2) is 7.27. The minimum absolute atomic E-state index is 0.0673. The highest BCUT2D eigenvalue weighted by molar-refractivity contribution is 7.89. The normalized spacial score (nSPS) is 16.2. The Hall–Kier alpha value is -2.00. The van der Waals surface area contributed by atoms with E-state index < -0.39 is 10.0 Å². The molecule has 1 aliphatic carbocycles. The lowest BCUT2D eigenvalue weighted by Crippen LogP contribution is -2.26. The lowest BCUT2D eigenvalue weighted by atomic mass is 9.96. The quantitative estimate of drug-likeness (QED) is 0.850. The van der Waals surface area contributed by atoms with E-state index in [0.717, 1.165) is 25.7 Å². The molecular weight excluding hydrogens is 330 g/mol. The Morgan fingerprint density at radius 2 is 1.92 bits per heavy atom. The van der Waals surface area contributed by atoms with Crippen LogP contribution in [0, 0.1) is 0 Å². The molecule has 24 heavy (non-hydrogen) atoms. The van der Waals surface area contributed by atoms with E-state index in [-0.39, 0.29) is 17.5 Å². The van der Waals surface area contributed by atoms with Crippen LogP contribution in [0.4, 0.5) is 0 Å². The highest BCUT2D eigenvalue weighted by atomic mass is 32.2. The maximum atomic E-state index is 12.4. The van der Waals surface area contributed by atoms with Crippen LogP contribution in [0.1, 0.15) is 44.0 Å². The van der Waals surface area contributed by atoms with Crippen LogP contribution in [-0.2, 0) is 16.6 Å². The number of hydrogen-bond donors (Lipinski definition) is 1. The monoisotopic (exact) mass is 351 g/mol. The molecule has 1 aromatic carbocycles. The molecule has 9 heteroatoms. The molecule has 0 amide bonds. The minimum atomic E-state index is -3.62. The lowest BCUT2D eigenvalue weighted by Gasteiger charge is -2.22. The number of nitrogens with one attached hydrogen (secondary N) is 1. The number of sulfonamides is 1. The van der Waals surface area contributed by atoms with Crippen molar-refractivity contribution < 1.29 is 13.2 Å². The van der Waals surface area contributed by atoms with Gasteiger partial charge in [-0.25, -0.2) is 17.8 Å². The Labute approximate surface area is 141 Å². The van der Waals surface area contributed by atoms with Crippen molar-refractivity contribution in [3.63, 3.8) is 0 Å². The van der Waals surface area contributed by atoms with Gasteiger partial charge in [0, 0.05) is 0 Å². The van der Waals surface area contributed by atoms with Crippen molar-refractivity contribution in [3.8, 4) is 5.75 Å². The summed E-state index contributed by atoms with van der Waals surface area (Å²) in [6.07, 6.45) is 5.60. The molecule has 2 aromatic rings. The van der Waals surface area contributed by atoms with Gasteiger partial charge in [-0.3, -0.25) is 0 Å². The molecular formula is C15H21N5O3S. The maximum absolute atomic E-state index is 12.4. The number of rotatable bonds is 6. The summed E-state index contributed by atoms with van der Waals surface area (Å²) in [7, 11) is -2.09. The molecule has 0 atom stereocenters. The molecule has 0 aliphatic heterocycles. The Bertz CT molecular complexity index is 767. The number of nitrogens with zero attached hydrogens (tertiary/aromatic N) is 4. The molecule has 1 heterocycles. The Kier molecular flexibility index (Phi) is 5.10. The standard InChI is InChI=1S/C15H21N5O3S/c1-23-13-7-9-14(10-8-13)24(21,22)16-11-15-17-18-19-20(15)12-5-3-2-4-6-12/h7-10,12,16H,2-6,11H2,1H3. The van der Waals surface area contributed by atoms with Crippen molar-refractivity contribution in [1.29, 1.82) is 0 Å². The fourth-order valence-electron chi connectivity index (χ4n) is 2.94. The number of ether oxygens (including phenoxy) is 1. The predicted octanol–water partition coefficient (Wildman–Crippen LogP) is 1.67. The second-order valence-electron chi connectivity index (χ2n) is 5.83. The molecule has 1 fully saturated rings. The number of hydrogen-bond acceptors (Lipinski definition) is 6. The zero-order chi connectivity index (χ0) is 17.0. The van der Waals surface area contributed by atoms with E-state index in [2.05, 4.69) is 20.2 Å². The van der Waals surface area contributed by atoms with Gasteiger partial charge in [0.05, 0.1) is 24.6 Å². The molecule has 130 valence electrons. The van der Waals surface area contributed by atoms with Gasteiger partial charge in [0.15, 0.2) is 5.82 Å². The van der Waals surface area contributed by atoms with E-state index in [1.807, 2.05) is 0 Å². The van der Waals surface area contributed by atoms with Crippen molar-refractivity contribution in [3.05, 3.63) is 30.1 Å². The average Bonchev–Trinajstić information content (AvgIpc) is 3.09. The van der Waals surface area contributed by atoms with Crippen molar-refractivity contribution in [2.24, 2.45) is 0 Å². The minimum Gasteiger partial charge on any atom is -0.497 e. The highest BCUT2D eigenvalue weighted by Gasteiger charge is 2.21. The number of benzene rings is 1. The summed E-state index contributed by atoms with van der Waals surface area (Å²) >= 11 is 0. The van der Waals surface area contributed by atoms with Crippen LogP contribution in [0.25, 0.3) is 0 Å². The first-order valence-corrected chi connectivity index (χ1v) is 9.49. The van der Waals surface area contributed by atoms with Gasteiger partial charge in [-0.05, 0) is 47.5 Å². The molecule has 0 unspecified atom stereocenters. The summed E-state index contributed by atoms with van der Waals surface area (Å²) in [4.78, 5) is 0.181. The Balaban J connectivity index is 1.69. The van der Waals surface area contributed by atoms with Crippen LogP contribution in [0.3, 0.4) is 0 Å². The summed E-state index contributed by atoms with van der Waals surface area (Å²) in [6, 6.07) is 6.49. The molecule has 1 N–H and O–H groups in total. The van der Waals surface area contributed by atoms with Crippen molar-refractivity contribution in [2.75, 3.05) is 7.11 Å². The van der Waals surface area contributed by atoms with E-state index in [4.69, 9.17) is 4.74 Å². The molecule has 1 saturated carbocycles. The first kappa shape index (κ1) is 16.8. The third-order valence-corrected chi connectivity index (χ3v) is 5.69. The van der Waals surface area contributed by atoms with Gasteiger partial charge in [0.1, 0.15) is 5.75 Å². The van der Waals surface area contributed by atoms with Crippen LogP contribution >= 0.6 is 0 Å². The molecule has 0 radical (unpaired) electrons. The Morgan fingerprint density at radius 1 is 1.21 bits per heavy atom. The molecule has 0 bridgehead atoms. The van der Waals surface area contributed by atoms with Gasteiger partial charge >= 0.3 is 0 Å². The van der Waals surface area contributed by atoms with Crippen molar-refractivity contribution in [2.45, 2.75) is 49.6 Å². The van der Waals surface area contributed by atoms with Crippen LogP contribution in [0.5, 0.6) is 5.75 Å². The van der Waals surface area contributed by atoms with Crippen LogP contribution in [0.2, 0.25) is 0 Å². The van der Waals surface area contributed by atoms with Crippen molar-refractivity contribution in [1.82, 2.24) is 24.9 Å². The van der Waals surface area contributed by atoms with E-state index in [1.54, 1.807) is 16.8 Å². The summed E-state index contributed by atoms with van der Waals surface area (Å²) in [6.45, 7) is 0.0673. The third-order valence-electron chi connectivity index (χ3n) is 4.27. The third kappa shape index (κ3) is 3.73. The van der Waals surface area contributed by atoms with Gasteiger partial charge in [-0.2, -0.15) is 0 Å². The highest BCUT2D eigenvalue weighted by Crippen LogP contribution is 2.27.